The Labute approximate surface area is 122 Å². The zero-order chi connectivity index (χ0) is 14.7. The minimum atomic E-state index is -0.129. The number of rotatable bonds is 4. The number of ether oxygens (including phenoxy) is 1. The van der Waals surface area contributed by atoms with Gasteiger partial charge >= 0.3 is 5.97 Å². The van der Waals surface area contributed by atoms with Crippen molar-refractivity contribution in [1.82, 2.24) is 10.1 Å². The van der Waals surface area contributed by atoms with E-state index in [4.69, 9.17) is 13.7 Å². The van der Waals surface area contributed by atoms with Crippen LogP contribution in [0.1, 0.15) is 18.5 Å². The maximum absolute atomic E-state index is 11.6. The van der Waals surface area contributed by atoms with Gasteiger partial charge in [-0.15, -0.1) is 0 Å². The second-order valence-electron chi connectivity index (χ2n) is 5.26. The molecule has 2 aromatic heterocycles. The normalized spacial score (nSPS) is 19.6. The Balaban J connectivity index is 1.62. The van der Waals surface area contributed by atoms with Gasteiger partial charge in [-0.05, 0) is 31.5 Å². The number of hydrogen-bond acceptors (Lipinski definition) is 6. The fraction of sp³-hybridized carbons (Fsp3) is 0.467. The third kappa shape index (κ3) is 3.16. The van der Waals surface area contributed by atoms with Gasteiger partial charge < -0.3 is 13.7 Å². The average molecular weight is 290 g/mol. The predicted molar refractivity (Wildman–Crippen MR) is 74.2 cm³/mol. The summed E-state index contributed by atoms with van der Waals surface area (Å²) in [4.78, 5) is 13.8. The lowest BCUT2D eigenvalue weighted by Gasteiger charge is -2.30. The van der Waals surface area contributed by atoms with Crippen LogP contribution in [0.5, 0.6) is 0 Å². The van der Waals surface area contributed by atoms with E-state index in [1.54, 1.807) is 6.26 Å². The molecule has 6 heteroatoms. The molecule has 0 bridgehead atoms. The number of likely N-dealkylation sites (tertiary alicyclic amines) is 1. The Hall–Kier alpha value is -2.08. The molecule has 1 saturated heterocycles. The molecule has 1 unspecified atom stereocenters. The first-order valence-corrected chi connectivity index (χ1v) is 7.06. The van der Waals surface area contributed by atoms with Crippen molar-refractivity contribution < 1.29 is 18.5 Å². The number of methoxy groups -OCH3 is 1. The van der Waals surface area contributed by atoms with Gasteiger partial charge in [-0.1, -0.05) is 5.16 Å². The summed E-state index contributed by atoms with van der Waals surface area (Å²) in [6.07, 6.45) is 3.48. The van der Waals surface area contributed by atoms with Crippen LogP contribution in [0.4, 0.5) is 0 Å². The van der Waals surface area contributed by atoms with Gasteiger partial charge in [0.15, 0.2) is 5.76 Å². The fourth-order valence-electron chi connectivity index (χ4n) is 2.71. The first-order valence-electron chi connectivity index (χ1n) is 7.06. The molecule has 1 atom stereocenters. The number of carbonyl (C=O) groups is 1. The number of piperidine rings is 1. The van der Waals surface area contributed by atoms with Crippen molar-refractivity contribution in [3.63, 3.8) is 0 Å². The van der Waals surface area contributed by atoms with Gasteiger partial charge in [-0.25, -0.2) is 0 Å². The van der Waals surface area contributed by atoms with E-state index in [9.17, 15) is 4.79 Å². The molecule has 0 amide bonds. The molecule has 0 N–H and O–H groups in total. The highest BCUT2D eigenvalue weighted by molar-refractivity contribution is 5.72. The van der Waals surface area contributed by atoms with Crippen molar-refractivity contribution in [3.8, 4) is 11.5 Å². The van der Waals surface area contributed by atoms with Gasteiger partial charge in [0.25, 0.3) is 0 Å². The smallest absolute Gasteiger partial charge is 0.309 e. The zero-order valence-corrected chi connectivity index (χ0v) is 11.9. The number of carbonyl (C=O) groups excluding carboxylic acids is 1. The molecule has 3 rings (SSSR count). The first kappa shape index (κ1) is 13.9. The van der Waals surface area contributed by atoms with Gasteiger partial charge in [0.2, 0.25) is 5.76 Å². The summed E-state index contributed by atoms with van der Waals surface area (Å²) in [5.74, 6) is 1.12. The van der Waals surface area contributed by atoms with Crippen molar-refractivity contribution in [3.05, 3.63) is 30.2 Å². The van der Waals surface area contributed by atoms with Crippen LogP contribution >= 0.6 is 0 Å². The van der Waals surface area contributed by atoms with Crippen LogP contribution in [0, 0.1) is 5.92 Å². The van der Waals surface area contributed by atoms with Gasteiger partial charge in [0, 0.05) is 19.2 Å². The zero-order valence-electron chi connectivity index (χ0n) is 11.9. The third-order valence-corrected chi connectivity index (χ3v) is 3.75. The van der Waals surface area contributed by atoms with Crippen LogP contribution in [0.25, 0.3) is 11.5 Å². The Kier molecular flexibility index (Phi) is 4.06. The van der Waals surface area contributed by atoms with Gasteiger partial charge in [-0.3, -0.25) is 9.69 Å². The maximum atomic E-state index is 11.6. The SMILES string of the molecule is COC(=O)C1CCCN(Cc2cc(-c3ccco3)on2)C1. The predicted octanol–water partition coefficient (Wildman–Crippen LogP) is 2.32. The Morgan fingerprint density at radius 1 is 1.52 bits per heavy atom. The van der Waals surface area contributed by atoms with Gasteiger partial charge in [-0.2, -0.15) is 0 Å². The lowest BCUT2D eigenvalue weighted by molar-refractivity contribution is -0.147. The average Bonchev–Trinajstić information content (AvgIpc) is 3.17. The largest absolute Gasteiger partial charge is 0.469 e. The molecule has 3 heterocycles. The monoisotopic (exact) mass is 290 g/mol. The van der Waals surface area contributed by atoms with Gasteiger partial charge in [0.1, 0.15) is 0 Å². The molecule has 1 fully saturated rings. The van der Waals surface area contributed by atoms with Crippen LogP contribution in [-0.2, 0) is 16.1 Å². The van der Waals surface area contributed by atoms with Crippen molar-refractivity contribution in [2.24, 2.45) is 5.92 Å². The van der Waals surface area contributed by atoms with E-state index in [2.05, 4.69) is 10.1 Å². The summed E-state index contributed by atoms with van der Waals surface area (Å²) < 4.78 is 15.4. The topological polar surface area (TPSA) is 68.7 Å². The van der Waals surface area contributed by atoms with Crippen LogP contribution < -0.4 is 0 Å². The highest BCUT2D eigenvalue weighted by Crippen LogP contribution is 2.23. The number of hydrogen-bond donors (Lipinski definition) is 0. The third-order valence-electron chi connectivity index (χ3n) is 3.75. The highest BCUT2D eigenvalue weighted by Gasteiger charge is 2.27. The highest BCUT2D eigenvalue weighted by atomic mass is 16.5. The molecular weight excluding hydrogens is 272 g/mol. The molecule has 2 aromatic rings. The second-order valence-corrected chi connectivity index (χ2v) is 5.26. The van der Waals surface area contributed by atoms with Crippen molar-refractivity contribution in [2.45, 2.75) is 19.4 Å². The lowest BCUT2D eigenvalue weighted by atomic mass is 9.98. The van der Waals surface area contributed by atoms with Crippen LogP contribution in [0.3, 0.4) is 0 Å². The quantitative estimate of drug-likeness (QED) is 0.805. The Morgan fingerprint density at radius 2 is 2.43 bits per heavy atom. The minimum Gasteiger partial charge on any atom is -0.469 e. The van der Waals surface area contributed by atoms with Crippen molar-refractivity contribution in [2.75, 3.05) is 20.2 Å². The summed E-state index contributed by atoms with van der Waals surface area (Å²) in [6.45, 7) is 2.32. The van der Waals surface area contributed by atoms with Crippen molar-refractivity contribution >= 4 is 5.97 Å². The van der Waals surface area contributed by atoms with E-state index < -0.39 is 0 Å². The lowest BCUT2D eigenvalue weighted by Crippen LogP contribution is -2.38. The number of furan rings is 1. The molecule has 0 spiro atoms. The maximum Gasteiger partial charge on any atom is 0.309 e. The molecule has 6 nitrogen and oxygen atoms in total. The Bertz CT molecular complexity index is 591. The molecule has 21 heavy (non-hydrogen) atoms. The summed E-state index contributed by atoms with van der Waals surface area (Å²) >= 11 is 0. The summed E-state index contributed by atoms with van der Waals surface area (Å²) in [6, 6.07) is 5.52. The molecular formula is C15H18N2O4. The number of aromatic nitrogens is 1. The van der Waals surface area contributed by atoms with E-state index in [1.807, 2.05) is 18.2 Å². The summed E-state index contributed by atoms with van der Waals surface area (Å²) in [5.41, 5.74) is 0.840. The summed E-state index contributed by atoms with van der Waals surface area (Å²) in [5, 5.41) is 4.06. The molecule has 1 aliphatic rings. The minimum absolute atomic E-state index is 0.0415. The van der Waals surface area contributed by atoms with Crippen molar-refractivity contribution in [1.29, 1.82) is 0 Å². The first-order chi connectivity index (χ1) is 10.3. The van der Waals surface area contributed by atoms with E-state index >= 15 is 0 Å². The molecule has 0 radical (unpaired) electrons. The standard InChI is InChI=1S/C15H18N2O4/c1-19-15(18)11-4-2-6-17(9-11)10-12-8-14(21-16-12)13-5-3-7-20-13/h3,5,7-8,11H,2,4,6,9-10H2,1H3. The molecule has 1 aliphatic heterocycles. The van der Waals surface area contributed by atoms with E-state index in [-0.39, 0.29) is 11.9 Å². The molecule has 112 valence electrons. The molecule has 0 aromatic carbocycles. The molecule has 0 saturated carbocycles. The van der Waals surface area contributed by atoms with Crippen LogP contribution in [-0.4, -0.2) is 36.2 Å². The van der Waals surface area contributed by atoms with E-state index in [0.29, 0.717) is 24.6 Å². The van der Waals surface area contributed by atoms with Crippen LogP contribution in [0.2, 0.25) is 0 Å². The van der Waals surface area contributed by atoms with Gasteiger partial charge in [0.05, 0.1) is 25.0 Å². The van der Waals surface area contributed by atoms with E-state index in [1.165, 1.54) is 7.11 Å². The Morgan fingerprint density at radius 3 is 3.19 bits per heavy atom. The number of nitrogens with zero attached hydrogens (tertiary/aromatic N) is 2. The van der Waals surface area contributed by atoms with Crippen LogP contribution in [0.15, 0.2) is 33.4 Å². The molecule has 0 aliphatic carbocycles. The van der Waals surface area contributed by atoms with E-state index in [0.717, 1.165) is 25.1 Å². The fourth-order valence-corrected chi connectivity index (χ4v) is 2.71. The number of esters is 1. The second kappa shape index (κ2) is 6.13. The summed E-state index contributed by atoms with van der Waals surface area (Å²) in [7, 11) is 1.44.